The summed E-state index contributed by atoms with van der Waals surface area (Å²) < 4.78 is 64.5. The van der Waals surface area contributed by atoms with E-state index in [0.29, 0.717) is 11.5 Å². The van der Waals surface area contributed by atoms with Crippen LogP contribution in [0, 0.1) is 5.92 Å². The molecule has 0 amide bonds. The molecule has 1 saturated heterocycles. The van der Waals surface area contributed by atoms with Gasteiger partial charge in [-0.15, -0.1) is 0 Å². The quantitative estimate of drug-likeness (QED) is 0.434. The van der Waals surface area contributed by atoms with Crippen LogP contribution in [0.2, 0.25) is 0 Å². The summed E-state index contributed by atoms with van der Waals surface area (Å²) in [6.07, 6.45) is 5.14. The van der Waals surface area contributed by atoms with E-state index in [1.807, 2.05) is 6.07 Å². The number of hydrogen-bond donors (Lipinski definition) is 0. The topological polar surface area (TPSA) is 85.3 Å². The zero-order valence-corrected chi connectivity index (χ0v) is 17.3. The summed E-state index contributed by atoms with van der Waals surface area (Å²) in [6.45, 7) is 4.04. The number of hydrogen-bond acceptors (Lipinski definition) is 7. The Bertz CT molecular complexity index is 1220. The molecule has 1 atom stereocenters. The SMILES string of the molecule is C[C@H]1CCCN(c2ccnc3ccc(-c4nccc(OS(=O)(=O)C(F)(F)F)n4)cc23)C1. The monoisotopic (exact) mass is 452 g/mol. The predicted octanol–water partition coefficient (Wildman–Crippen LogP) is 4.16. The normalized spacial score (nSPS) is 17.7. The van der Waals surface area contributed by atoms with Gasteiger partial charge in [-0.3, -0.25) is 4.98 Å². The van der Waals surface area contributed by atoms with Gasteiger partial charge in [-0.25, -0.2) is 4.98 Å². The summed E-state index contributed by atoms with van der Waals surface area (Å²) >= 11 is 0. The first-order valence-corrected chi connectivity index (χ1v) is 11.0. The second kappa shape index (κ2) is 7.95. The highest BCUT2D eigenvalue weighted by Crippen LogP contribution is 2.32. The molecule has 1 aliphatic rings. The number of alkyl halides is 3. The van der Waals surface area contributed by atoms with Crippen molar-refractivity contribution in [1.82, 2.24) is 15.0 Å². The van der Waals surface area contributed by atoms with Crippen LogP contribution in [-0.4, -0.2) is 42.0 Å². The summed E-state index contributed by atoms with van der Waals surface area (Å²) in [6, 6.07) is 8.13. The number of nitrogens with zero attached hydrogens (tertiary/aromatic N) is 4. The summed E-state index contributed by atoms with van der Waals surface area (Å²) in [5, 5.41) is 0.854. The Labute approximate surface area is 177 Å². The summed E-state index contributed by atoms with van der Waals surface area (Å²) in [7, 11) is -5.82. The van der Waals surface area contributed by atoms with Crippen molar-refractivity contribution in [2.24, 2.45) is 5.92 Å². The third kappa shape index (κ3) is 4.41. The van der Waals surface area contributed by atoms with Crippen molar-refractivity contribution in [2.75, 3.05) is 18.0 Å². The van der Waals surface area contributed by atoms with Gasteiger partial charge >= 0.3 is 15.6 Å². The standard InChI is InChI=1S/C20H19F3N4O3S/c1-13-3-2-10-27(12-13)17-6-8-24-16-5-4-14(11-15(16)17)19-25-9-7-18(26-19)30-31(28,29)20(21,22)23/h4-9,11,13H,2-3,10,12H2,1H3/t13-/m0/s1. The molecule has 11 heteroatoms. The number of pyridine rings is 1. The van der Waals surface area contributed by atoms with Gasteiger partial charge in [0.15, 0.2) is 5.82 Å². The molecule has 0 unspecified atom stereocenters. The van der Waals surface area contributed by atoms with Crippen LogP contribution in [0.25, 0.3) is 22.3 Å². The molecule has 0 radical (unpaired) electrons. The van der Waals surface area contributed by atoms with E-state index < -0.39 is 21.5 Å². The number of fused-ring (bicyclic) bond motifs is 1. The minimum absolute atomic E-state index is 0.0404. The van der Waals surface area contributed by atoms with Crippen molar-refractivity contribution < 1.29 is 25.8 Å². The van der Waals surface area contributed by atoms with Crippen LogP contribution in [0.5, 0.6) is 5.88 Å². The molecule has 1 fully saturated rings. The minimum Gasteiger partial charge on any atom is -0.371 e. The molecular formula is C20H19F3N4O3S. The molecule has 1 aromatic carbocycles. The molecule has 0 bridgehead atoms. The Morgan fingerprint density at radius 2 is 1.90 bits per heavy atom. The lowest BCUT2D eigenvalue weighted by Crippen LogP contribution is -2.34. The first-order valence-electron chi connectivity index (χ1n) is 9.62. The third-order valence-electron chi connectivity index (χ3n) is 5.08. The molecular weight excluding hydrogens is 433 g/mol. The van der Waals surface area contributed by atoms with Gasteiger partial charge in [-0.1, -0.05) is 6.92 Å². The molecule has 4 rings (SSSR count). The van der Waals surface area contributed by atoms with E-state index in [1.54, 1.807) is 24.4 Å². The van der Waals surface area contributed by atoms with E-state index in [4.69, 9.17) is 0 Å². The maximum absolute atomic E-state index is 12.6. The fourth-order valence-corrected chi connectivity index (χ4v) is 4.05. The van der Waals surface area contributed by atoms with Gasteiger partial charge in [0.1, 0.15) is 0 Å². The van der Waals surface area contributed by atoms with E-state index in [0.717, 1.165) is 48.4 Å². The Balaban J connectivity index is 1.71. The fraction of sp³-hybridized carbons (Fsp3) is 0.350. The van der Waals surface area contributed by atoms with E-state index in [1.165, 1.54) is 6.42 Å². The van der Waals surface area contributed by atoms with Crippen LogP contribution in [0.15, 0.2) is 42.7 Å². The first-order chi connectivity index (χ1) is 14.6. The summed E-state index contributed by atoms with van der Waals surface area (Å²) in [4.78, 5) is 14.6. The van der Waals surface area contributed by atoms with Crippen molar-refractivity contribution in [3.8, 4) is 17.3 Å². The second-order valence-electron chi connectivity index (χ2n) is 7.46. The molecule has 2 aromatic heterocycles. The minimum atomic E-state index is -5.82. The van der Waals surface area contributed by atoms with Crippen molar-refractivity contribution >= 4 is 26.7 Å². The zero-order chi connectivity index (χ0) is 22.2. The average Bonchev–Trinajstić information content (AvgIpc) is 2.72. The van der Waals surface area contributed by atoms with Crippen molar-refractivity contribution in [3.05, 3.63) is 42.7 Å². The number of anilines is 1. The number of aromatic nitrogens is 3. The molecule has 0 spiro atoms. The molecule has 0 saturated carbocycles. The van der Waals surface area contributed by atoms with Crippen LogP contribution in [0.4, 0.5) is 18.9 Å². The van der Waals surface area contributed by atoms with Gasteiger partial charge in [0.25, 0.3) is 0 Å². The molecule has 7 nitrogen and oxygen atoms in total. The van der Waals surface area contributed by atoms with Crippen LogP contribution in [0.3, 0.4) is 0 Å². The van der Waals surface area contributed by atoms with E-state index >= 15 is 0 Å². The molecule has 31 heavy (non-hydrogen) atoms. The summed E-state index contributed by atoms with van der Waals surface area (Å²) in [5.41, 5.74) is -3.29. The smallest absolute Gasteiger partial charge is 0.371 e. The van der Waals surface area contributed by atoms with Crippen LogP contribution < -0.4 is 9.08 Å². The molecule has 1 aliphatic heterocycles. The van der Waals surface area contributed by atoms with E-state index in [-0.39, 0.29) is 5.82 Å². The maximum Gasteiger partial charge on any atom is 0.534 e. The largest absolute Gasteiger partial charge is 0.534 e. The highest BCUT2D eigenvalue weighted by molar-refractivity contribution is 7.87. The number of rotatable bonds is 4. The molecule has 0 N–H and O–H groups in total. The molecule has 3 aromatic rings. The van der Waals surface area contributed by atoms with Crippen molar-refractivity contribution in [2.45, 2.75) is 25.3 Å². The van der Waals surface area contributed by atoms with Gasteiger partial charge in [0.2, 0.25) is 5.88 Å². The molecule has 0 aliphatic carbocycles. The third-order valence-corrected chi connectivity index (χ3v) is 6.04. The number of piperidine rings is 1. The Morgan fingerprint density at radius 1 is 1.13 bits per heavy atom. The van der Waals surface area contributed by atoms with Gasteiger partial charge < -0.3 is 9.08 Å². The van der Waals surface area contributed by atoms with E-state index in [9.17, 15) is 21.6 Å². The highest BCUT2D eigenvalue weighted by atomic mass is 32.2. The van der Waals surface area contributed by atoms with Crippen LogP contribution in [0.1, 0.15) is 19.8 Å². The lowest BCUT2D eigenvalue weighted by molar-refractivity contribution is -0.0501. The zero-order valence-electron chi connectivity index (χ0n) is 16.5. The van der Waals surface area contributed by atoms with E-state index in [2.05, 4.69) is 31.0 Å². The first kappa shape index (κ1) is 21.3. The predicted molar refractivity (Wildman–Crippen MR) is 109 cm³/mol. The average molecular weight is 452 g/mol. The summed E-state index contributed by atoms with van der Waals surface area (Å²) in [5.74, 6) is -0.106. The lowest BCUT2D eigenvalue weighted by Gasteiger charge is -2.33. The fourth-order valence-electron chi connectivity index (χ4n) is 3.64. The van der Waals surface area contributed by atoms with Gasteiger partial charge in [0, 0.05) is 48.2 Å². The van der Waals surface area contributed by atoms with Crippen LogP contribution >= 0.6 is 0 Å². The van der Waals surface area contributed by atoms with Gasteiger partial charge in [-0.2, -0.15) is 26.6 Å². The maximum atomic E-state index is 12.6. The Hall–Kier alpha value is -2.95. The van der Waals surface area contributed by atoms with Crippen LogP contribution in [-0.2, 0) is 10.1 Å². The lowest BCUT2D eigenvalue weighted by atomic mass is 9.99. The van der Waals surface area contributed by atoms with Crippen molar-refractivity contribution in [3.63, 3.8) is 0 Å². The number of benzene rings is 1. The molecule has 3 heterocycles. The van der Waals surface area contributed by atoms with Gasteiger partial charge in [0.05, 0.1) is 5.52 Å². The Kier molecular flexibility index (Phi) is 5.46. The van der Waals surface area contributed by atoms with Crippen molar-refractivity contribution in [1.29, 1.82) is 0 Å². The Morgan fingerprint density at radius 3 is 2.65 bits per heavy atom. The number of halogens is 3. The molecule has 164 valence electrons. The second-order valence-corrected chi connectivity index (χ2v) is 8.99. The van der Waals surface area contributed by atoms with Gasteiger partial charge in [-0.05, 0) is 43.0 Å². The highest BCUT2D eigenvalue weighted by Gasteiger charge is 2.48.